The maximum absolute atomic E-state index is 3.79. The van der Waals surface area contributed by atoms with E-state index in [1.807, 2.05) is 36.4 Å². The normalized spacial score (nSPS) is 31.1. The van der Waals surface area contributed by atoms with Gasteiger partial charge in [0.05, 0.1) is 0 Å². The molecule has 1 nitrogen and oxygen atoms in total. The van der Waals surface area contributed by atoms with E-state index in [2.05, 4.69) is 29.6 Å². The van der Waals surface area contributed by atoms with Crippen LogP contribution in [-0.4, -0.2) is 12.6 Å². The molecule has 120 valence electrons. The van der Waals surface area contributed by atoms with Crippen LogP contribution in [0.3, 0.4) is 0 Å². The molecule has 0 radical (unpaired) electrons. The quantitative estimate of drug-likeness (QED) is 0.742. The minimum absolute atomic E-state index is 0.545. The van der Waals surface area contributed by atoms with Gasteiger partial charge in [-0.25, -0.2) is 0 Å². The van der Waals surface area contributed by atoms with Crippen molar-refractivity contribution in [3.8, 4) is 0 Å². The summed E-state index contributed by atoms with van der Waals surface area (Å²) in [5.74, 6) is 0.917. The van der Waals surface area contributed by atoms with E-state index in [0.29, 0.717) is 5.41 Å². The van der Waals surface area contributed by atoms with E-state index in [0.717, 1.165) is 12.0 Å². The molecule has 0 unspecified atom stereocenters. The molecule has 2 bridgehead atoms. The van der Waals surface area contributed by atoms with Crippen LogP contribution in [0, 0.1) is 5.92 Å². The maximum atomic E-state index is 3.79. The topological polar surface area (TPSA) is 12.0 Å². The van der Waals surface area contributed by atoms with Crippen LogP contribution >= 0.6 is 0 Å². The lowest BCUT2D eigenvalue weighted by Gasteiger charge is -2.56. The molecule has 23 heavy (non-hydrogen) atoms. The summed E-state index contributed by atoms with van der Waals surface area (Å²) in [5.41, 5.74) is 3.88. The Morgan fingerprint density at radius 1 is 0.826 bits per heavy atom. The number of nitrogens with one attached hydrogen (secondary N) is 1. The van der Waals surface area contributed by atoms with Crippen LogP contribution in [0.5, 0.6) is 0 Å². The highest BCUT2D eigenvalue weighted by molar-refractivity contribution is 5.41. The highest BCUT2D eigenvalue weighted by Gasteiger charge is 2.51. The molecule has 1 aliphatic heterocycles. The number of piperidine rings is 1. The van der Waals surface area contributed by atoms with E-state index < -0.39 is 0 Å². The lowest BCUT2D eigenvalue weighted by Crippen LogP contribution is -2.59. The average molecular weight is 305 g/mol. The van der Waals surface area contributed by atoms with Gasteiger partial charge in [0.15, 0.2) is 0 Å². The molecule has 2 aromatic rings. The minimum atomic E-state index is 0.545. The minimum Gasteiger partial charge on any atom is -0.313 e. The molecule has 5 rings (SSSR count). The van der Waals surface area contributed by atoms with Crippen molar-refractivity contribution in [3.63, 3.8) is 0 Å². The van der Waals surface area contributed by atoms with E-state index in [-0.39, 0.29) is 0 Å². The monoisotopic (exact) mass is 305 g/mol. The second kappa shape index (κ2) is 6.49. The standard InChI is InChI=1S/C16H21N.C6H6/c1-2-6-13-12(5-1)11-15-14-7-3-4-8-16(13,14)9-10-17-15;1-2-4-6-5-3-1/h1-2,5-6,14-15,17H,3-4,7-11H2;1-6H/t14-,15+,16-;/m0./s1. The van der Waals surface area contributed by atoms with Gasteiger partial charge in [0.2, 0.25) is 0 Å². The number of hydrogen-bond acceptors (Lipinski definition) is 1. The molecule has 2 fully saturated rings. The second-order valence-corrected chi connectivity index (χ2v) is 7.34. The molecule has 3 aliphatic rings. The molecule has 2 aliphatic carbocycles. The van der Waals surface area contributed by atoms with Gasteiger partial charge in [-0.3, -0.25) is 0 Å². The van der Waals surface area contributed by atoms with Gasteiger partial charge in [-0.05, 0) is 49.3 Å². The summed E-state index contributed by atoms with van der Waals surface area (Å²) in [7, 11) is 0. The molecule has 3 atom stereocenters. The van der Waals surface area contributed by atoms with Crippen LogP contribution in [0.1, 0.15) is 43.2 Å². The molecule has 0 aromatic heterocycles. The Hall–Kier alpha value is -1.60. The Bertz CT molecular complexity index is 605. The van der Waals surface area contributed by atoms with Gasteiger partial charge in [0.25, 0.3) is 0 Å². The lowest BCUT2D eigenvalue weighted by molar-refractivity contribution is 0.0798. The molecule has 2 aromatic carbocycles. The van der Waals surface area contributed by atoms with Gasteiger partial charge >= 0.3 is 0 Å². The Morgan fingerprint density at radius 3 is 2.35 bits per heavy atom. The summed E-state index contributed by atoms with van der Waals surface area (Å²) in [6.45, 7) is 1.23. The first-order chi connectivity index (χ1) is 11.4. The summed E-state index contributed by atoms with van der Waals surface area (Å²) in [4.78, 5) is 0. The van der Waals surface area contributed by atoms with Crippen molar-refractivity contribution in [2.75, 3.05) is 6.54 Å². The van der Waals surface area contributed by atoms with Crippen molar-refractivity contribution >= 4 is 0 Å². The van der Waals surface area contributed by atoms with Crippen molar-refractivity contribution in [1.82, 2.24) is 5.32 Å². The van der Waals surface area contributed by atoms with Crippen LogP contribution < -0.4 is 5.32 Å². The van der Waals surface area contributed by atoms with E-state index in [1.165, 1.54) is 45.1 Å². The lowest BCUT2D eigenvalue weighted by atomic mass is 9.53. The van der Waals surface area contributed by atoms with Crippen LogP contribution in [0.4, 0.5) is 0 Å². The zero-order valence-electron chi connectivity index (χ0n) is 13.9. The molecular formula is C22H27N. The summed E-state index contributed by atoms with van der Waals surface area (Å²) >= 11 is 0. The van der Waals surface area contributed by atoms with Crippen molar-refractivity contribution in [1.29, 1.82) is 0 Å². The fourth-order valence-electron chi connectivity index (χ4n) is 5.28. The van der Waals surface area contributed by atoms with Crippen LogP contribution in [0.2, 0.25) is 0 Å². The molecule has 1 N–H and O–H groups in total. The van der Waals surface area contributed by atoms with E-state index in [9.17, 15) is 0 Å². The third kappa shape index (κ3) is 2.72. The first kappa shape index (κ1) is 15.0. The van der Waals surface area contributed by atoms with Gasteiger partial charge in [0.1, 0.15) is 0 Å². The SMILES string of the molecule is c1ccc2c(c1)C[C@H]1NCC[C@@]23CCCC[C@@H]13.c1ccccc1. The first-order valence-electron chi connectivity index (χ1n) is 9.22. The molecule has 1 saturated heterocycles. The number of fused-ring (bicyclic) bond motifs is 1. The zero-order valence-corrected chi connectivity index (χ0v) is 13.9. The van der Waals surface area contributed by atoms with Crippen molar-refractivity contribution < 1.29 is 0 Å². The number of rotatable bonds is 0. The van der Waals surface area contributed by atoms with E-state index in [4.69, 9.17) is 0 Å². The molecule has 1 heterocycles. The van der Waals surface area contributed by atoms with Gasteiger partial charge < -0.3 is 5.32 Å². The fraction of sp³-hybridized carbons (Fsp3) is 0.455. The third-order valence-electron chi connectivity index (χ3n) is 6.22. The zero-order chi connectivity index (χ0) is 15.5. The highest BCUT2D eigenvalue weighted by Crippen LogP contribution is 2.53. The van der Waals surface area contributed by atoms with E-state index >= 15 is 0 Å². The second-order valence-electron chi connectivity index (χ2n) is 7.34. The molecule has 0 spiro atoms. The maximum Gasteiger partial charge on any atom is 0.0144 e. The van der Waals surface area contributed by atoms with Crippen LogP contribution in [0.15, 0.2) is 60.7 Å². The van der Waals surface area contributed by atoms with Crippen molar-refractivity contribution in [2.45, 2.75) is 50.0 Å². The summed E-state index contributed by atoms with van der Waals surface area (Å²) in [6.07, 6.45) is 8.41. The van der Waals surface area contributed by atoms with Gasteiger partial charge in [-0.2, -0.15) is 0 Å². The van der Waals surface area contributed by atoms with Crippen molar-refractivity contribution in [3.05, 3.63) is 71.8 Å². The number of hydrogen-bond donors (Lipinski definition) is 1. The molecule has 0 amide bonds. The van der Waals surface area contributed by atoms with Crippen molar-refractivity contribution in [2.24, 2.45) is 5.92 Å². The predicted molar refractivity (Wildman–Crippen MR) is 96.6 cm³/mol. The Balaban J connectivity index is 0.000000192. The number of benzene rings is 2. The van der Waals surface area contributed by atoms with Crippen LogP contribution in [0.25, 0.3) is 0 Å². The van der Waals surface area contributed by atoms with Gasteiger partial charge in [-0.15, -0.1) is 0 Å². The fourth-order valence-corrected chi connectivity index (χ4v) is 5.28. The Kier molecular flexibility index (Phi) is 4.22. The first-order valence-corrected chi connectivity index (χ1v) is 9.22. The van der Waals surface area contributed by atoms with E-state index in [1.54, 1.807) is 11.1 Å². The Morgan fingerprint density at radius 2 is 1.57 bits per heavy atom. The summed E-state index contributed by atoms with van der Waals surface area (Å²) in [5, 5.41) is 3.79. The Labute approximate surface area is 140 Å². The molecule has 1 saturated carbocycles. The molecular weight excluding hydrogens is 278 g/mol. The van der Waals surface area contributed by atoms with Gasteiger partial charge in [-0.1, -0.05) is 73.5 Å². The third-order valence-corrected chi connectivity index (χ3v) is 6.22. The average Bonchev–Trinajstić information content (AvgIpc) is 2.64. The summed E-state index contributed by atoms with van der Waals surface area (Å²) in [6, 6.07) is 22.0. The predicted octanol–water partition coefficient (Wildman–Crippen LogP) is 4.72. The highest BCUT2D eigenvalue weighted by atomic mass is 15.0. The van der Waals surface area contributed by atoms with Gasteiger partial charge in [0, 0.05) is 11.5 Å². The largest absolute Gasteiger partial charge is 0.313 e. The molecule has 1 heteroatoms. The summed E-state index contributed by atoms with van der Waals surface area (Å²) < 4.78 is 0. The smallest absolute Gasteiger partial charge is 0.0144 e. The van der Waals surface area contributed by atoms with Crippen LogP contribution in [-0.2, 0) is 11.8 Å².